The van der Waals surface area contributed by atoms with E-state index in [9.17, 15) is 13.2 Å². The van der Waals surface area contributed by atoms with E-state index in [1.165, 1.54) is 0 Å². The molecule has 2 heterocycles. The van der Waals surface area contributed by atoms with Gasteiger partial charge in [0.2, 0.25) is 0 Å². The van der Waals surface area contributed by atoms with Crippen LogP contribution in [0.3, 0.4) is 0 Å². The van der Waals surface area contributed by atoms with Gasteiger partial charge in [0.1, 0.15) is 12.4 Å². The number of rotatable bonds is 6. The second-order valence-corrected chi connectivity index (χ2v) is 5.70. The first-order valence-corrected chi connectivity index (χ1v) is 7.90. The van der Waals surface area contributed by atoms with E-state index in [0.717, 1.165) is 25.3 Å². The summed E-state index contributed by atoms with van der Waals surface area (Å²) < 4.78 is 44.2. The Morgan fingerprint density at radius 3 is 2.75 bits per heavy atom. The Balaban J connectivity index is 1.91. The van der Waals surface area contributed by atoms with Gasteiger partial charge in [0.15, 0.2) is 11.8 Å². The van der Waals surface area contributed by atoms with Crippen LogP contribution in [0.25, 0.3) is 0 Å². The molecule has 1 aromatic rings. The van der Waals surface area contributed by atoms with Crippen molar-refractivity contribution in [2.75, 3.05) is 19.7 Å². The fourth-order valence-corrected chi connectivity index (χ4v) is 2.25. The van der Waals surface area contributed by atoms with E-state index < -0.39 is 12.6 Å². The Kier molecular flexibility index (Phi) is 6.41. The number of alkyl halides is 3. The molecule has 0 radical (unpaired) electrons. The van der Waals surface area contributed by atoms with Crippen LogP contribution in [-0.2, 0) is 18.3 Å². The second-order valence-electron chi connectivity index (χ2n) is 5.70. The van der Waals surface area contributed by atoms with Gasteiger partial charge in [-0.3, -0.25) is 0 Å². The first-order chi connectivity index (χ1) is 11.3. The summed E-state index contributed by atoms with van der Waals surface area (Å²) >= 11 is 0. The van der Waals surface area contributed by atoms with Crippen molar-refractivity contribution in [2.24, 2.45) is 12.0 Å². The molecule has 0 aliphatic carbocycles. The monoisotopic (exact) mass is 348 g/mol. The maximum atomic E-state index is 12.3. The highest BCUT2D eigenvalue weighted by atomic mass is 19.4. The van der Waals surface area contributed by atoms with Gasteiger partial charge in [0, 0.05) is 26.7 Å². The predicted molar refractivity (Wildman–Crippen MR) is 82.5 cm³/mol. The van der Waals surface area contributed by atoms with Crippen molar-refractivity contribution < 1.29 is 17.9 Å². The van der Waals surface area contributed by atoms with Crippen LogP contribution in [0.4, 0.5) is 13.2 Å². The predicted octanol–water partition coefficient (Wildman–Crippen LogP) is 1.29. The smallest absolute Gasteiger partial charge is 0.376 e. The van der Waals surface area contributed by atoms with Crippen molar-refractivity contribution in [1.29, 1.82) is 0 Å². The lowest BCUT2D eigenvalue weighted by molar-refractivity contribution is -0.132. The minimum absolute atomic E-state index is 0.0664. The number of hydrogen-bond acceptors (Lipinski definition) is 4. The van der Waals surface area contributed by atoms with Gasteiger partial charge in [0.05, 0.1) is 12.5 Å². The van der Waals surface area contributed by atoms with Gasteiger partial charge in [-0.15, -0.1) is 10.2 Å². The molecule has 1 unspecified atom stereocenters. The van der Waals surface area contributed by atoms with E-state index in [4.69, 9.17) is 4.74 Å². The molecule has 1 aromatic heterocycles. The van der Waals surface area contributed by atoms with Crippen LogP contribution >= 0.6 is 0 Å². The molecule has 10 heteroatoms. The number of halogens is 3. The third-order valence-corrected chi connectivity index (χ3v) is 3.78. The van der Waals surface area contributed by atoms with E-state index in [1.807, 2.05) is 14.0 Å². The summed E-state index contributed by atoms with van der Waals surface area (Å²) in [7, 11) is 1.82. The van der Waals surface area contributed by atoms with E-state index >= 15 is 0 Å². The van der Waals surface area contributed by atoms with Crippen LogP contribution in [0, 0.1) is 6.92 Å². The minimum atomic E-state index is -4.20. The molecule has 7 nitrogen and oxygen atoms in total. The molecule has 24 heavy (non-hydrogen) atoms. The van der Waals surface area contributed by atoms with Crippen molar-refractivity contribution >= 4 is 5.96 Å². The Bertz CT molecular complexity index is 551. The average molecular weight is 348 g/mol. The molecule has 1 atom stereocenters. The zero-order valence-corrected chi connectivity index (χ0v) is 13.9. The second kappa shape index (κ2) is 8.32. The fraction of sp³-hybridized carbons (Fsp3) is 0.786. The number of nitrogens with zero attached hydrogens (tertiary/aromatic N) is 4. The molecule has 0 spiro atoms. The van der Waals surface area contributed by atoms with E-state index in [0.29, 0.717) is 18.3 Å². The molecular formula is C14H23F3N6O. The summed E-state index contributed by atoms with van der Waals surface area (Å²) in [5, 5.41) is 13.7. The van der Waals surface area contributed by atoms with Gasteiger partial charge in [-0.2, -0.15) is 13.2 Å². The van der Waals surface area contributed by atoms with E-state index in [-0.39, 0.29) is 19.2 Å². The van der Waals surface area contributed by atoms with Crippen LogP contribution in [0.1, 0.15) is 30.9 Å². The third kappa shape index (κ3) is 5.99. The molecule has 0 bridgehead atoms. The van der Waals surface area contributed by atoms with Gasteiger partial charge >= 0.3 is 6.18 Å². The van der Waals surface area contributed by atoms with Crippen molar-refractivity contribution in [3.63, 3.8) is 0 Å². The molecule has 1 fully saturated rings. The summed E-state index contributed by atoms with van der Waals surface area (Å²) in [5.41, 5.74) is 0. The SMILES string of the molecule is Cc1nnc(CN=C(NCCC(F)(F)F)NCC2CCCO2)n1C. The highest BCUT2D eigenvalue weighted by molar-refractivity contribution is 5.79. The van der Waals surface area contributed by atoms with Crippen molar-refractivity contribution in [2.45, 2.75) is 45.0 Å². The zero-order chi connectivity index (χ0) is 17.6. The molecule has 136 valence electrons. The summed E-state index contributed by atoms with van der Waals surface area (Å²) in [6, 6.07) is 0. The molecule has 0 aromatic carbocycles. The summed E-state index contributed by atoms with van der Waals surface area (Å²) in [5.74, 6) is 1.70. The fourth-order valence-electron chi connectivity index (χ4n) is 2.25. The molecule has 0 saturated carbocycles. The molecule has 1 aliphatic rings. The molecule has 0 amide bonds. The largest absolute Gasteiger partial charge is 0.390 e. The lowest BCUT2D eigenvalue weighted by Gasteiger charge is -2.16. The number of nitrogens with one attached hydrogen (secondary N) is 2. The average Bonchev–Trinajstić information content (AvgIpc) is 3.12. The summed E-state index contributed by atoms with van der Waals surface area (Å²) in [6.07, 6.45) is -3.12. The van der Waals surface area contributed by atoms with Crippen LogP contribution in [-0.4, -0.2) is 52.7 Å². The van der Waals surface area contributed by atoms with Gasteiger partial charge in [0.25, 0.3) is 0 Å². The van der Waals surface area contributed by atoms with Gasteiger partial charge in [-0.25, -0.2) is 4.99 Å². The number of ether oxygens (including phenoxy) is 1. The Morgan fingerprint density at radius 2 is 2.17 bits per heavy atom. The molecule has 1 aliphatic heterocycles. The van der Waals surface area contributed by atoms with Crippen LogP contribution in [0.15, 0.2) is 4.99 Å². The van der Waals surface area contributed by atoms with Crippen LogP contribution in [0.5, 0.6) is 0 Å². The molecule has 1 saturated heterocycles. The van der Waals surface area contributed by atoms with E-state index in [1.54, 1.807) is 4.57 Å². The Labute approximate surface area is 138 Å². The molecule has 2 rings (SSSR count). The molecule has 2 N–H and O–H groups in total. The molecular weight excluding hydrogens is 325 g/mol. The number of hydrogen-bond donors (Lipinski definition) is 2. The zero-order valence-electron chi connectivity index (χ0n) is 13.9. The lowest BCUT2D eigenvalue weighted by atomic mass is 10.2. The van der Waals surface area contributed by atoms with Crippen LogP contribution in [0.2, 0.25) is 0 Å². The van der Waals surface area contributed by atoms with E-state index in [2.05, 4.69) is 25.8 Å². The maximum absolute atomic E-state index is 12.3. The summed E-state index contributed by atoms with van der Waals surface area (Å²) in [4.78, 5) is 4.30. The van der Waals surface area contributed by atoms with Crippen molar-refractivity contribution in [3.8, 4) is 0 Å². The normalized spacial score (nSPS) is 18.9. The number of guanidine groups is 1. The standard InChI is InChI=1S/C14H23F3N6O/c1-10-21-22-12(23(10)2)9-20-13(18-6-5-14(15,16)17)19-8-11-4-3-7-24-11/h11H,3-9H2,1-2H3,(H2,18,19,20). The highest BCUT2D eigenvalue weighted by Crippen LogP contribution is 2.18. The van der Waals surface area contributed by atoms with Crippen LogP contribution < -0.4 is 10.6 Å². The first kappa shape index (κ1) is 18.5. The first-order valence-electron chi connectivity index (χ1n) is 7.90. The topological polar surface area (TPSA) is 76.4 Å². The Hall–Kier alpha value is -1.84. The van der Waals surface area contributed by atoms with Gasteiger partial charge < -0.3 is 19.9 Å². The number of aryl methyl sites for hydroxylation is 1. The van der Waals surface area contributed by atoms with Gasteiger partial charge in [-0.05, 0) is 19.8 Å². The quantitative estimate of drug-likeness (QED) is 0.598. The minimum Gasteiger partial charge on any atom is -0.376 e. The lowest BCUT2D eigenvalue weighted by Crippen LogP contribution is -2.42. The van der Waals surface area contributed by atoms with Crippen molar-refractivity contribution in [3.05, 3.63) is 11.6 Å². The van der Waals surface area contributed by atoms with Gasteiger partial charge in [-0.1, -0.05) is 0 Å². The number of aromatic nitrogens is 3. The third-order valence-electron chi connectivity index (χ3n) is 3.78. The Morgan fingerprint density at radius 1 is 1.38 bits per heavy atom. The maximum Gasteiger partial charge on any atom is 0.390 e. The van der Waals surface area contributed by atoms with Crippen molar-refractivity contribution in [1.82, 2.24) is 25.4 Å². The number of aliphatic imine (C=N–C) groups is 1. The highest BCUT2D eigenvalue weighted by Gasteiger charge is 2.26. The summed E-state index contributed by atoms with van der Waals surface area (Å²) in [6.45, 7) is 3.04.